The van der Waals surface area contributed by atoms with Crippen LogP contribution in [0.5, 0.6) is 5.75 Å². The molecule has 0 aromatic heterocycles. The van der Waals surface area contributed by atoms with Crippen LogP contribution in [0, 0.1) is 0 Å². The minimum absolute atomic E-state index is 0.345. The lowest BCUT2D eigenvalue weighted by atomic mass is 10.0. The molecule has 2 fully saturated rings. The van der Waals surface area contributed by atoms with Gasteiger partial charge in [0.2, 0.25) is 0 Å². The molecular weight excluding hydrogens is 266 g/mol. The molecule has 1 unspecified atom stereocenters. The van der Waals surface area contributed by atoms with Gasteiger partial charge in [0.15, 0.2) is 0 Å². The van der Waals surface area contributed by atoms with E-state index in [2.05, 4.69) is 21.2 Å². The average molecular weight is 291 g/mol. The molecule has 0 aliphatic carbocycles. The number of ether oxygens (including phenoxy) is 1. The Bertz CT molecular complexity index is 443. The Kier molecular flexibility index (Phi) is 5.08. The summed E-state index contributed by atoms with van der Waals surface area (Å²) in [6.45, 7) is 8.87. The zero-order chi connectivity index (χ0) is 14.5. The fraction of sp³-hybridized carbons (Fsp3) is 0.625. The quantitative estimate of drug-likeness (QED) is 0.854. The molecule has 5 nitrogen and oxygen atoms in total. The largest absolute Gasteiger partial charge is 0.508 e. The van der Waals surface area contributed by atoms with Crippen molar-refractivity contribution in [3.05, 3.63) is 29.8 Å². The number of nitrogens with one attached hydrogen (secondary N) is 1. The van der Waals surface area contributed by atoms with Crippen molar-refractivity contribution in [3.63, 3.8) is 0 Å². The standard InChI is InChI=1S/C16H25N3O2/c20-15-3-1-2-14(12-15)16(19-6-4-17-5-7-19)13-18-8-10-21-11-9-18/h1-3,12,16-17,20H,4-11,13H2. The minimum Gasteiger partial charge on any atom is -0.508 e. The zero-order valence-corrected chi connectivity index (χ0v) is 12.5. The summed E-state index contributed by atoms with van der Waals surface area (Å²) in [6, 6.07) is 8.07. The SMILES string of the molecule is Oc1cccc(C(CN2CCOCC2)N2CCNCC2)c1. The number of piperazine rings is 1. The van der Waals surface area contributed by atoms with E-state index in [0.29, 0.717) is 11.8 Å². The summed E-state index contributed by atoms with van der Waals surface area (Å²) in [6.07, 6.45) is 0. The van der Waals surface area contributed by atoms with Crippen molar-refractivity contribution in [3.8, 4) is 5.75 Å². The van der Waals surface area contributed by atoms with E-state index in [1.165, 1.54) is 5.56 Å². The van der Waals surface area contributed by atoms with Gasteiger partial charge in [0.25, 0.3) is 0 Å². The fourth-order valence-corrected chi connectivity index (χ4v) is 3.19. The van der Waals surface area contributed by atoms with Crippen LogP contribution >= 0.6 is 0 Å². The maximum atomic E-state index is 9.80. The van der Waals surface area contributed by atoms with Crippen LogP contribution in [0.1, 0.15) is 11.6 Å². The van der Waals surface area contributed by atoms with Gasteiger partial charge in [-0.05, 0) is 17.7 Å². The number of rotatable bonds is 4. The fourth-order valence-electron chi connectivity index (χ4n) is 3.19. The smallest absolute Gasteiger partial charge is 0.115 e. The van der Waals surface area contributed by atoms with Crippen LogP contribution in [0.2, 0.25) is 0 Å². The second-order valence-electron chi connectivity index (χ2n) is 5.81. The van der Waals surface area contributed by atoms with Gasteiger partial charge < -0.3 is 15.2 Å². The van der Waals surface area contributed by atoms with Crippen molar-refractivity contribution >= 4 is 0 Å². The highest BCUT2D eigenvalue weighted by Crippen LogP contribution is 2.25. The summed E-state index contributed by atoms with van der Waals surface area (Å²) >= 11 is 0. The summed E-state index contributed by atoms with van der Waals surface area (Å²) in [5.74, 6) is 0.356. The molecule has 1 aromatic carbocycles. The van der Waals surface area contributed by atoms with E-state index in [-0.39, 0.29) is 0 Å². The van der Waals surface area contributed by atoms with E-state index in [0.717, 1.165) is 59.0 Å². The molecule has 0 radical (unpaired) electrons. The van der Waals surface area contributed by atoms with Gasteiger partial charge in [-0.25, -0.2) is 0 Å². The van der Waals surface area contributed by atoms with Crippen molar-refractivity contribution in [2.24, 2.45) is 0 Å². The molecule has 2 N–H and O–H groups in total. The maximum Gasteiger partial charge on any atom is 0.115 e. The molecule has 1 aromatic rings. The lowest BCUT2D eigenvalue weighted by Crippen LogP contribution is -2.49. The molecule has 21 heavy (non-hydrogen) atoms. The maximum absolute atomic E-state index is 9.80. The first-order valence-electron chi connectivity index (χ1n) is 7.87. The minimum atomic E-state index is 0.345. The molecule has 1 atom stereocenters. The lowest BCUT2D eigenvalue weighted by molar-refractivity contribution is 0.0206. The summed E-state index contributed by atoms with van der Waals surface area (Å²) in [4.78, 5) is 5.00. The summed E-state index contributed by atoms with van der Waals surface area (Å²) in [5.41, 5.74) is 1.21. The summed E-state index contributed by atoms with van der Waals surface area (Å²) in [7, 11) is 0. The number of hydrogen-bond donors (Lipinski definition) is 2. The third-order valence-corrected chi connectivity index (χ3v) is 4.38. The molecule has 5 heteroatoms. The number of hydrogen-bond acceptors (Lipinski definition) is 5. The Morgan fingerprint density at radius 2 is 1.90 bits per heavy atom. The van der Waals surface area contributed by atoms with Crippen LogP contribution < -0.4 is 5.32 Å². The molecule has 2 aliphatic heterocycles. The van der Waals surface area contributed by atoms with E-state index in [9.17, 15) is 5.11 Å². The van der Waals surface area contributed by atoms with Crippen LogP contribution in [0.15, 0.2) is 24.3 Å². The van der Waals surface area contributed by atoms with Crippen molar-refractivity contribution in [1.29, 1.82) is 0 Å². The number of phenolic OH excluding ortho intramolecular Hbond substituents is 1. The molecule has 0 amide bonds. The number of benzene rings is 1. The van der Waals surface area contributed by atoms with Crippen LogP contribution in [-0.4, -0.2) is 73.9 Å². The second kappa shape index (κ2) is 7.22. The predicted octanol–water partition coefficient (Wildman–Crippen LogP) is 0.671. The first kappa shape index (κ1) is 14.8. The van der Waals surface area contributed by atoms with E-state index in [1.807, 2.05) is 12.1 Å². The van der Waals surface area contributed by atoms with Gasteiger partial charge in [-0.15, -0.1) is 0 Å². The van der Waals surface area contributed by atoms with Crippen molar-refractivity contribution in [2.45, 2.75) is 6.04 Å². The third-order valence-electron chi connectivity index (χ3n) is 4.38. The van der Waals surface area contributed by atoms with Crippen LogP contribution in [0.3, 0.4) is 0 Å². The topological polar surface area (TPSA) is 48.0 Å². The summed E-state index contributed by atoms with van der Waals surface area (Å²) < 4.78 is 5.45. The van der Waals surface area contributed by atoms with E-state index in [4.69, 9.17) is 4.74 Å². The lowest BCUT2D eigenvalue weighted by Gasteiger charge is -2.39. The molecule has 0 spiro atoms. The van der Waals surface area contributed by atoms with Gasteiger partial charge in [0.05, 0.1) is 13.2 Å². The zero-order valence-electron chi connectivity index (χ0n) is 12.5. The van der Waals surface area contributed by atoms with Gasteiger partial charge in [0.1, 0.15) is 5.75 Å². The highest BCUT2D eigenvalue weighted by atomic mass is 16.5. The Balaban J connectivity index is 1.75. The molecule has 2 heterocycles. The van der Waals surface area contributed by atoms with Crippen molar-refractivity contribution in [2.75, 3.05) is 59.0 Å². The van der Waals surface area contributed by atoms with Gasteiger partial charge in [-0.1, -0.05) is 12.1 Å². The Hall–Kier alpha value is -1.14. The monoisotopic (exact) mass is 291 g/mol. The van der Waals surface area contributed by atoms with Crippen LogP contribution in [0.25, 0.3) is 0 Å². The van der Waals surface area contributed by atoms with Crippen LogP contribution in [-0.2, 0) is 4.74 Å². The molecule has 116 valence electrons. The van der Waals surface area contributed by atoms with Gasteiger partial charge in [-0.2, -0.15) is 0 Å². The average Bonchev–Trinajstić information content (AvgIpc) is 2.54. The van der Waals surface area contributed by atoms with Crippen molar-refractivity contribution in [1.82, 2.24) is 15.1 Å². The first-order chi connectivity index (χ1) is 10.3. The van der Waals surface area contributed by atoms with Crippen LogP contribution in [0.4, 0.5) is 0 Å². The normalized spacial score (nSPS) is 23.0. The molecule has 3 rings (SSSR count). The molecular formula is C16H25N3O2. The van der Waals surface area contributed by atoms with E-state index in [1.54, 1.807) is 6.07 Å². The highest BCUT2D eigenvalue weighted by molar-refractivity contribution is 5.29. The number of morpholine rings is 1. The predicted molar refractivity (Wildman–Crippen MR) is 82.5 cm³/mol. The summed E-state index contributed by atoms with van der Waals surface area (Å²) in [5, 5.41) is 13.2. The van der Waals surface area contributed by atoms with E-state index >= 15 is 0 Å². The number of phenols is 1. The molecule has 0 bridgehead atoms. The Labute approximate surface area is 126 Å². The van der Waals surface area contributed by atoms with Gasteiger partial charge in [-0.3, -0.25) is 9.80 Å². The highest BCUT2D eigenvalue weighted by Gasteiger charge is 2.25. The van der Waals surface area contributed by atoms with E-state index < -0.39 is 0 Å². The molecule has 2 saturated heterocycles. The Morgan fingerprint density at radius 3 is 2.62 bits per heavy atom. The van der Waals surface area contributed by atoms with Gasteiger partial charge in [0, 0.05) is 51.9 Å². The second-order valence-corrected chi connectivity index (χ2v) is 5.81. The number of aromatic hydroxyl groups is 1. The number of nitrogens with zero attached hydrogens (tertiary/aromatic N) is 2. The Morgan fingerprint density at radius 1 is 1.14 bits per heavy atom. The first-order valence-corrected chi connectivity index (χ1v) is 7.87. The van der Waals surface area contributed by atoms with Gasteiger partial charge >= 0.3 is 0 Å². The van der Waals surface area contributed by atoms with Crippen molar-refractivity contribution < 1.29 is 9.84 Å². The molecule has 2 aliphatic rings. The molecule has 0 saturated carbocycles. The third kappa shape index (κ3) is 3.95.